The molecular weight excluding hydrogens is 253 g/mol. The Hall–Kier alpha value is -0.870. The van der Waals surface area contributed by atoms with Crippen LogP contribution in [0.15, 0.2) is 29.0 Å². The van der Waals surface area contributed by atoms with Crippen molar-refractivity contribution in [3.63, 3.8) is 0 Å². The quantitative estimate of drug-likeness (QED) is 0.786. The first-order chi connectivity index (χ1) is 6.27. The molecule has 0 spiro atoms. The lowest BCUT2D eigenvalue weighted by molar-refractivity contribution is 0.833. The first-order valence-corrected chi connectivity index (χ1v) is 4.68. The highest BCUT2D eigenvalue weighted by Crippen LogP contribution is 2.16. The molecule has 2 heterocycles. The van der Waals surface area contributed by atoms with E-state index < -0.39 is 0 Å². The topological polar surface area (TPSA) is 30.7 Å². The normalized spacial score (nSPS) is 10.3. The van der Waals surface area contributed by atoms with Gasteiger partial charge < -0.3 is 0 Å². The van der Waals surface area contributed by atoms with E-state index in [4.69, 9.17) is 11.6 Å². The molecule has 0 bridgehead atoms. The summed E-state index contributed by atoms with van der Waals surface area (Å²) < 4.78 is 2.20. The molecule has 3 nitrogen and oxygen atoms in total. The highest BCUT2D eigenvalue weighted by molar-refractivity contribution is 9.10. The van der Waals surface area contributed by atoms with Crippen LogP contribution >= 0.6 is 27.5 Å². The third-order valence-corrected chi connectivity index (χ3v) is 2.12. The summed E-state index contributed by atoms with van der Waals surface area (Å²) in [7, 11) is 0. The molecule has 2 aromatic heterocycles. The molecule has 0 aromatic carbocycles. The van der Waals surface area contributed by atoms with Crippen molar-refractivity contribution in [2.75, 3.05) is 0 Å². The monoisotopic (exact) mass is 256 g/mol. The van der Waals surface area contributed by atoms with Crippen molar-refractivity contribution in [2.45, 2.75) is 0 Å². The van der Waals surface area contributed by atoms with Gasteiger partial charge >= 0.3 is 0 Å². The standard InChI is InChI=1S/C8H4BrClN3/c9-7-3-5-13(12-7)8-6(10)2-1-4-11-8/h1-4H. The Morgan fingerprint density at radius 3 is 3.00 bits per heavy atom. The van der Waals surface area contributed by atoms with Gasteiger partial charge in [0.15, 0.2) is 5.82 Å². The highest BCUT2D eigenvalue weighted by atomic mass is 79.9. The molecule has 0 saturated heterocycles. The van der Waals surface area contributed by atoms with Gasteiger partial charge in [-0.15, -0.1) is 0 Å². The minimum Gasteiger partial charge on any atom is -0.236 e. The van der Waals surface area contributed by atoms with Crippen molar-refractivity contribution < 1.29 is 0 Å². The van der Waals surface area contributed by atoms with Crippen LogP contribution in [0, 0.1) is 6.20 Å². The van der Waals surface area contributed by atoms with E-state index in [1.165, 1.54) is 4.68 Å². The van der Waals surface area contributed by atoms with Crippen LogP contribution in [0.2, 0.25) is 5.02 Å². The van der Waals surface area contributed by atoms with Gasteiger partial charge in [0.05, 0.1) is 11.2 Å². The lowest BCUT2D eigenvalue weighted by atomic mass is 10.4. The average molecular weight is 257 g/mol. The Balaban J connectivity index is 2.52. The number of aromatic nitrogens is 3. The van der Waals surface area contributed by atoms with Gasteiger partial charge in [-0.25, -0.2) is 9.67 Å². The molecule has 0 unspecified atom stereocenters. The average Bonchev–Trinajstić information content (AvgIpc) is 2.53. The van der Waals surface area contributed by atoms with Crippen molar-refractivity contribution in [1.29, 1.82) is 0 Å². The number of nitrogens with zero attached hydrogens (tertiary/aromatic N) is 3. The van der Waals surface area contributed by atoms with Crippen molar-refractivity contribution in [3.8, 4) is 5.82 Å². The molecule has 5 heteroatoms. The van der Waals surface area contributed by atoms with E-state index in [-0.39, 0.29) is 0 Å². The summed E-state index contributed by atoms with van der Waals surface area (Å²) in [6, 6.07) is 5.22. The first-order valence-electron chi connectivity index (χ1n) is 3.51. The van der Waals surface area contributed by atoms with Crippen molar-refractivity contribution in [2.24, 2.45) is 0 Å². The fraction of sp³-hybridized carbons (Fsp3) is 0. The zero-order valence-electron chi connectivity index (χ0n) is 6.41. The molecule has 2 aromatic rings. The Labute approximate surface area is 88.5 Å². The van der Waals surface area contributed by atoms with Crippen LogP contribution in [0.5, 0.6) is 0 Å². The SMILES string of the molecule is Clc1cccnc1-n1[c]cc(Br)n1. The first kappa shape index (κ1) is 8.72. The second-order valence-corrected chi connectivity index (χ2v) is 3.54. The molecule has 0 aliphatic heterocycles. The van der Waals surface area contributed by atoms with Crippen LogP contribution < -0.4 is 0 Å². The smallest absolute Gasteiger partial charge is 0.172 e. The molecule has 1 radical (unpaired) electrons. The lowest BCUT2D eigenvalue weighted by Crippen LogP contribution is -1.98. The zero-order chi connectivity index (χ0) is 9.26. The van der Waals surface area contributed by atoms with Gasteiger partial charge in [-0.1, -0.05) is 11.6 Å². The molecule has 0 aliphatic rings. The summed E-state index contributed by atoms with van der Waals surface area (Å²) >= 11 is 9.13. The van der Waals surface area contributed by atoms with Gasteiger partial charge in [-0.05, 0) is 28.1 Å². The van der Waals surface area contributed by atoms with E-state index in [2.05, 4.69) is 32.2 Å². The van der Waals surface area contributed by atoms with Crippen molar-refractivity contribution in [3.05, 3.63) is 40.2 Å². The largest absolute Gasteiger partial charge is 0.236 e. The molecule has 65 valence electrons. The Bertz CT molecular complexity index is 427. The maximum Gasteiger partial charge on any atom is 0.172 e. The van der Waals surface area contributed by atoms with Gasteiger partial charge in [0.25, 0.3) is 0 Å². The third kappa shape index (κ3) is 1.73. The van der Waals surface area contributed by atoms with Gasteiger partial charge in [0.2, 0.25) is 0 Å². The number of pyridine rings is 1. The van der Waals surface area contributed by atoms with Crippen LogP contribution in [0.1, 0.15) is 0 Å². The number of hydrogen-bond donors (Lipinski definition) is 0. The van der Waals surface area contributed by atoms with E-state index in [1.807, 2.05) is 0 Å². The molecule has 0 atom stereocenters. The van der Waals surface area contributed by atoms with Gasteiger partial charge in [0, 0.05) is 12.3 Å². The predicted molar refractivity (Wildman–Crippen MR) is 52.9 cm³/mol. The third-order valence-electron chi connectivity index (χ3n) is 1.44. The highest BCUT2D eigenvalue weighted by Gasteiger charge is 2.04. The summed E-state index contributed by atoms with van der Waals surface area (Å²) in [5.41, 5.74) is 0. The molecular formula is C8H4BrClN3. The second kappa shape index (κ2) is 3.47. The van der Waals surface area contributed by atoms with Gasteiger partial charge in [-0.2, -0.15) is 5.10 Å². The van der Waals surface area contributed by atoms with Crippen LogP contribution in [0.3, 0.4) is 0 Å². The maximum absolute atomic E-state index is 5.91. The number of hydrogen-bond acceptors (Lipinski definition) is 2. The van der Waals surface area contributed by atoms with Crippen molar-refractivity contribution >= 4 is 27.5 Å². The van der Waals surface area contributed by atoms with E-state index in [1.54, 1.807) is 24.4 Å². The van der Waals surface area contributed by atoms with E-state index in [0.29, 0.717) is 15.4 Å². The summed E-state index contributed by atoms with van der Waals surface area (Å²) in [6.45, 7) is 0. The van der Waals surface area contributed by atoms with Crippen LogP contribution in [-0.4, -0.2) is 14.8 Å². The minimum atomic E-state index is 0.550. The Morgan fingerprint density at radius 1 is 1.54 bits per heavy atom. The predicted octanol–water partition coefficient (Wildman–Crippen LogP) is 2.48. The van der Waals surface area contributed by atoms with Gasteiger partial charge in [-0.3, -0.25) is 0 Å². The van der Waals surface area contributed by atoms with Crippen molar-refractivity contribution in [1.82, 2.24) is 14.8 Å². The summed E-state index contributed by atoms with van der Waals surface area (Å²) in [6.07, 6.45) is 4.53. The molecule has 2 rings (SSSR count). The van der Waals surface area contributed by atoms with Crippen LogP contribution in [0.25, 0.3) is 5.82 Å². The van der Waals surface area contributed by atoms with Crippen LogP contribution in [0.4, 0.5) is 0 Å². The molecule has 0 N–H and O–H groups in total. The molecule has 13 heavy (non-hydrogen) atoms. The summed E-state index contributed by atoms with van der Waals surface area (Å²) in [4.78, 5) is 4.08. The maximum atomic E-state index is 5.91. The second-order valence-electron chi connectivity index (χ2n) is 2.32. The van der Waals surface area contributed by atoms with Gasteiger partial charge in [0.1, 0.15) is 4.60 Å². The fourth-order valence-corrected chi connectivity index (χ4v) is 1.37. The van der Waals surface area contributed by atoms with Crippen LogP contribution in [-0.2, 0) is 0 Å². The molecule has 0 saturated carbocycles. The number of halogens is 2. The number of rotatable bonds is 1. The lowest BCUT2D eigenvalue weighted by Gasteiger charge is -2.00. The molecule has 0 fully saturated rings. The van der Waals surface area contributed by atoms with E-state index in [9.17, 15) is 0 Å². The summed E-state index contributed by atoms with van der Waals surface area (Å²) in [5.74, 6) is 0.579. The fourth-order valence-electron chi connectivity index (χ4n) is 0.909. The molecule has 0 amide bonds. The zero-order valence-corrected chi connectivity index (χ0v) is 8.75. The Morgan fingerprint density at radius 2 is 2.38 bits per heavy atom. The molecule has 0 aliphatic carbocycles. The summed E-state index contributed by atoms with van der Waals surface area (Å²) in [5, 5.41) is 4.62. The minimum absolute atomic E-state index is 0.550. The van der Waals surface area contributed by atoms with E-state index in [0.717, 1.165) is 0 Å². The van der Waals surface area contributed by atoms with E-state index >= 15 is 0 Å². The Kier molecular flexibility index (Phi) is 2.33.